The number of likely N-dealkylation sites (tertiary alicyclic amines) is 1. The second-order valence-electron chi connectivity index (χ2n) is 7.38. The quantitative estimate of drug-likeness (QED) is 0.422. The van der Waals surface area contributed by atoms with E-state index < -0.39 is 0 Å². The van der Waals surface area contributed by atoms with Crippen molar-refractivity contribution in [2.24, 2.45) is 22.6 Å². The van der Waals surface area contributed by atoms with E-state index in [4.69, 9.17) is 15.2 Å². The molecular formula is C20H34N4O2. The molecule has 0 amide bonds. The SMILES string of the molecule is COc1ccc(CN=C(N)NCCCN2CC(C)CC(C)C2)cc1OC. The first kappa shape index (κ1) is 20.4. The summed E-state index contributed by atoms with van der Waals surface area (Å²) in [7, 11) is 3.26. The van der Waals surface area contributed by atoms with Gasteiger partial charge in [-0.25, -0.2) is 4.99 Å². The number of ether oxygens (including phenoxy) is 2. The molecular weight excluding hydrogens is 328 g/mol. The number of hydrogen-bond donors (Lipinski definition) is 2. The number of piperidine rings is 1. The van der Waals surface area contributed by atoms with Crippen LogP contribution >= 0.6 is 0 Å². The largest absolute Gasteiger partial charge is 0.493 e. The first-order chi connectivity index (χ1) is 12.5. The van der Waals surface area contributed by atoms with E-state index in [2.05, 4.69) is 29.1 Å². The molecule has 6 nitrogen and oxygen atoms in total. The molecule has 1 heterocycles. The van der Waals surface area contributed by atoms with Crippen molar-refractivity contribution in [3.8, 4) is 11.5 Å². The Hall–Kier alpha value is -1.95. The molecule has 6 heteroatoms. The number of nitrogens with one attached hydrogen (secondary N) is 1. The van der Waals surface area contributed by atoms with Gasteiger partial charge in [-0.05, 0) is 48.9 Å². The fourth-order valence-electron chi connectivity index (χ4n) is 3.71. The molecule has 2 unspecified atom stereocenters. The molecule has 1 saturated heterocycles. The van der Waals surface area contributed by atoms with Gasteiger partial charge in [-0.1, -0.05) is 19.9 Å². The average molecular weight is 363 g/mol. The van der Waals surface area contributed by atoms with Gasteiger partial charge in [0.15, 0.2) is 17.5 Å². The van der Waals surface area contributed by atoms with Crippen LogP contribution in [0, 0.1) is 11.8 Å². The van der Waals surface area contributed by atoms with Crippen LogP contribution in [-0.4, -0.2) is 51.3 Å². The summed E-state index contributed by atoms with van der Waals surface area (Å²) in [6, 6.07) is 5.78. The highest BCUT2D eigenvalue weighted by molar-refractivity contribution is 5.77. The van der Waals surface area contributed by atoms with Gasteiger partial charge in [0.05, 0.1) is 20.8 Å². The topological polar surface area (TPSA) is 72.1 Å². The summed E-state index contributed by atoms with van der Waals surface area (Å²) in [5.74, 6) is 3.52. The lowest BCUT2D eigenvalue weighted by atomic mass is 9.92. The number of guanidine groups is 1. The first-order valence-electron chi connectivity index (χ1n) is 9.48. The molecule has 1 fully saturated rings. The zero-order chi connectivity index (χ0) is 18.9. The van der Waals surface area contributed by atoms with Crippen LogP contribution in [0.2, 0.25) is 0 Å². The molecule has 1 aromatic carbocycles. The maximum atomic E-state index is 5.98. The second-order valence-corrected chi connectivity index (χ2v) is 7.38. The summed E-state index contributed by atoms with van der Waals surface area (Å²) in [6.07, 6.45) is 2.43. The van der Waals surface area contributed by atoms with Crippen LogP contribution < -0.4 is 20.5 Å². The number of aliphatic imine (C=N–C) groups is 1. The molecule has 2 rings (SSSR count). The Bertz CT molecular complexity index is 581. The minimum Gasteiger partial charge on any atom is -0.493 e. The summed E-state index contributed by atoms with van der Waals surface area (Å²) in [4.78, 5) is 6.97. The molecule has 26 heavy (non-hydrogen) atoms. The van der Waals surface area contributed by atoms with E-state index in [0.29, 0.717) is 24.0 Å². The summed E-state index contributed by atoms with van der Waals surface area (Å²) in [5, 5.41) is 3.21. The highest BCUT2D eigenvalue weighted by atomic mass is 16.5. The van der Waals surface area contributed by atoms with Crippen molar-refractivity contribution in [1.29, 1.82) is 0 Å². The van der Waals surface area contributed by atoms with Crippen LogP contribution in [0.1, 0.15) is 32.3 Å². The van der Waals surface area contributed by atoms with Crippen LogP contribution in [0.15, 0.2) is 23.2 Å². The van der Waals surface area contributed by atoms with E-state index in [1.165, 1.54) is 19.5 Å². The average Bonchev–Trinajstić information content (AvgIpc) is 2.62. The summed E-state index contributed by atoms with van der Waals surface area (Å²) in [6.45, 7) is 9.60. The van der Waals surface area contributed by atoms with E-state index in [1.54, 1.807) is 14.2 Å². The van der Waals surface area contributed by atoms with Crippen molar-refractivity contribution in [3.05, 3.63) is 23.8 Å². The van der Waals surface area contributed by atoms with Gasteiger partial charge in [-0.2, -0.15) is 0 Å². The van der Waals surface area contributed by atoms with Crippen LogP contribution in [0.25, 0.3) is 0 Å². The minimum atomic E-state index is 0.486. The van der Waals surface area contributed by atoms with Crippen LogP contribution in [-0.2, 0) is 6.54 Å². The van der Waals surface area contributed by atoms with Gasteiger partial charge in [0.2, 0.25) is 0 Å². The van der Waals surface area contributed by atoms with E-state index in [9.17, 15) is 0 Å². The van der Waals surface area contributed by atoms with Crippen molar-refractivity contribution >= 4 is 5.96 Å². The Balaban J connectivity index is 1.71. The van der Waals surface area contributed by atoms with Gasteiger partial charge in [0.1, 0.15) is 0 Å². The lowest BCUT2D eigenvalue weighted by molar-refractivity contribution is 0.140. The maximum absolute atomic E-state index is 5.98. The monoisotopic (exact) mass is 362 g/mol. The lowest BCUT2D eigenvalue weighted by Gasteiger charge is -2.34. The summed E-state index contributed by atoms with van der Waals surface area (Å²) in [5.41, 5.74) is 7.01. The normalized spacial score (nSPS) is 21.5. The van der Waals surface area contributed by atoms with Gasteiger partial charge in [-0.3, -0.25) is 0 Å². The fourth-order valence-corrected chi connectivity index (χ4v) is 3.71. The van der Waals surface area contributed by atoms with Crippen LogP contribution in [0.5, 0.6) is 11.5 Å². The summed E-state index contributed by atoms with van der Waals surface area (Å²) >= 11 is 0. The molecule has 1 aliphatic rings. The number of nitrogens with zero attached hydrogens (tertiary/aromatic N) is 2. The molecule has 2 atom stereocenters. The molecule has 0 aromatic heterocycles. The van der Waals surface area contributed by atoms with E-state index in [0.717, 1.165) is 36.9 Å². The number of benzene rings is 1. The number of methoxy groups -OCH3 is 2. The smallest absolute Gasteiger partial charge is 0.188 e. The third-order valence-electron chi connectivity index (χ3n) is 4.78. The van der Waals surface area contributed by atoms with Crippen molar-refractivity contribution in [2.75, 3.05) is 40.4 Å². The Morgan fingerprint density at radius 3 is 2.54 bits per heavy atom. The van der Waals surface area contributed by atoms with Crippen molar-refractivity contribution in [3.63, 3.8) is 0 Å². The van der Waals surface area contributed by atoms with Crippen molar-refractivity contribution in [2.45, 2.75) is 33.2 Å². The third-order valence-corrected chi connectivity index (χ3v) is 4.78. The lowest BCUT2D eigenvalue weighted by Crippen LogP contribution is -2.40. The molecule has 146 valence electrons. The molecule has 0 radical (unpaired) electrons. The molecule has 1 aliphatic heterocycles. The first-order valence-corrected chi connectivity index (χ1v) is 9.48. The molecule has 3 N–H and O–H groups in total. The molecule has 0 aliphatic carbocycles. The number of hydrogen-bond acceptors (Lipinski definition) is 4. The van der Waals surface area contributed by atoms with E-state index >= 15 is 0 Å². The molecule has 0 bridgehead atoms. The zero-order valence-corrected chi connectivity index (χ0v) is 16.6. The fraction of sp³-hybridized carbons (Fsp3) is 0.650. The maximum Gasteiger partial charge on any atom is 0.188 e. The van der Waals surface area contributed by atoms with Gasteiger partial charge in [0, 0.05) is 19.6 Å². The third kappa shape index (κ3) is 6.41. The zero-order valence-electron chi connectivity index (χ0n) is 16.6. The van der Waals surface area contributed by atoms with Crippen molar-refractivity contribution in [1.82, 2.24) is 10.2 Å². The Morgan fingerprint density at radius 1 is 1.19 bits per heavy atom. The van der Waals surface area contributed by atoms with E-state index in [-0.39, 0.29) is 0 Å². The predicted octanol–water partition coefficient (Wildman–Crippen LogP) is 2.48. The van der Waals surface area contributed by atoms with Gasteiger partial charge >= 0.3 is 0 Å². The van der Waals surface area contributed by atoms with Crippen molar-refractivity contribution < 1.29 is 9.47 Å². The molecule has 0 saturated carbocycles. The molecule has 0 spiro atoms. The number of rotatable bonds is 8. The van der Waals surface area contributed by atoms with Gasteiger partial charge in [0.25, 0.3) is 0 Å². The van der Waals surface area contributed by atoms with Crippen LogP contribution in [0.4, 0.5) is 0 Å². The number of nitrogens with two attached hydrogens (primary N) is 1. The second kappa shape index (κ2) is 10.3. The predicted molar refractivity (Wildman–Crippen MR) is 107 cm³/mol. The van der Waals surface area contributed by atoms with Crippen LogP contribution in [0.3, 0.4) is 0 Å². The Kier molecular flexibility index (Phi) is 8.04. The Labute approximate surface area is 157 Å². The minimum absolute atomic E-state index is 0.486. The standard InChI is InChI=1S/C20H34N4O2/c1-15-10-16(2)14-24(13-15)9-5-8-22-20(21)23-12-17-6-7-18(25-3)19(11-17)26-4/h6-7,11,15-16H,5,8-10,12-14H2,1-4H3,(H3,21,22,23). The molecule has 1 aromatic rings. The highest BCUT2D eigenvalue weighted by Crippen LogP contribution is 2.27. The highest BCUT2D eigenvalue weighted by Gasteiger charge is 2.20. The van der Waals surface area contributed by atoms with E-state index in [1.807, 2.05) is 18.2 Å². The summed E-state index contributed by atoms with van der Waals surface area (Å²) < 4.78 is 10.6. The van der Waals surface area contributed by atoms with Gasteiger partial charge < -0.3 is 25.4 Å². The van der Waals surface area contributed by atoms with Gasteiger partial charge in [-0.15, -0.1) is 0 Å². The Morgan fingerprint density at radius 2 is 1.88 bits per heavy atom.